The van der Waals surface area contributed by atoms with Crippen LogP contribution in [0.5, 0.6) is 0 Å². The third kappa shape index (κ3) is 8.40. The van der Waals surface area contributed by atoms with Gasteiger partial charge in [-0.3, -0.25) is 13.9 Å². The number of halogens is 3. The Morgan fingerprint density at radius 1 is 0.905 bits per heavy atom. The van der Waals surface area contributed by atoms with Crippen LogP contribution in [0.2, 0.25) is 15.1 Å². The van der Waals surface area contributed by atoms with Gasteiger partial charge < -0.3 is 10.2 Å². The summed E-state index contributed by atoms with van der Waals surface area (Å²) in [4.78, 5) is 29.1. The standard InChI is InChI=1S/C31H36Cl3N3O4S/c1-7-27(30(39)35-31(4,5)6)36(18-22-10-11-24(33)17-26(22)34)29(38)19-37(28-15-12-23(32)16-21(28)3)42(40,41)25-13-8-20(2)9-14-25/h8-17,27H,7,18-19H2,1-6H3,(H,35,39)/t27-/m1/s1. The zero-order valence-corrected chi connectivity index (χ0v) is 27.6. The van der Waals surface area contributed by atoms with E-state index >= 15 is 0 Å². The minimum absolute atomic E-state index is 0.0278. The monoisotopic (exact) mass is 651 g/mol. The Kier molecular flexibility index (Phi) is 11.0. The molecule has 1 N–H and O–H groups in total. The molecule has 2 amide bonds. The van der Waals surface area contributed by atoms with Crippen molar-refractivity contribution in [3.05, 3.63) is 92.4 Å². The van der Waals surface area contributed by atoms with Crippen molar-refractivity contribution in [1.29, 1.82) is 0 Å². The molecule has 1 atom stereocenters. The summed E-state index contributed by atoms with van der Waals surface area (Å²) >= 11 is 18.8. The van der Waals surface area contributed by atoms with E-state index in [-0.39, 0.29) is 23.8 Å². The molecule has 7 nitrogen and oxygen atoms in total. The van der Waals surface area contributed by atoms with Gasteiger partial charge in [0.25, 0.3) is 10.0 Å². The summed E-state index contributed by atoms with van der Waals surface area (Å²) in [5, 5.41) is 4.12. The third-order valence-electron chi connectivity index (χ3n) is 6.56. The number of carbonyl (C=O) groups excluding carboxylic acids is 2. The molecule has 0 fully saturated rings. The van der Waals surface area contributed by atoms with Crippen molar-refractivity contribution in [3.63, 3.8) is 0 Å². The van der Waals surface area contributed by atoms with Gasteiger partial charge >= 0.3 is 0 Å². The highest BCUT2D eigenvalue weighted by Gasteiger charge is 2.35. The molecule has 226 valence electrons. The second kappa shape index (κ2) is 13.7. The lowest BCUT2D eigenvalue weighted by molar-refractivity contribution is -0.141. The van der Waals surface area contributed by atoms with Crippen LogP contribution in [0.15, 0.2) is 65.6 Å². The van der Waals surface area contributed by atoms with E-state index in [0.717, 1.165) is 9.87 Å². The molecule has 0 aromatic heterocycles. The van der Waals surface area contributed by atoms with E-state index in [1.54, 1.807) is 62.4 Å². The topological polar surface area (TPSA) is 86.8 Å². The number of rotatable bonds is 10. The van der Waals surface area contributed by atoms with Crippen molar-refractivity contribution in [2.75, 3.05) is 10.8 Å². The number of carbonyl (C=O) groups is 2. The molecular formula is C31H36Cl3N3O4S. The molecule has 0 unspecified atom stereocenters. The number of sulfonamides is 1. The normalized spacial score (nSPS) is 12.5. The van der Waals surface area contributed by atoms with Gasteiger partial charge in [0.15, 0.2) is 0 Å². The molecule has 0 saturated carbocycles. The Morgan fingerprint density at radius 3 is 2.05 bits per heavy atom. The minimum atomic E-state index is -4.20. The lowest BCUT2D eigenvalue weighted by atomic mass is 10.1. The first-order valence-electron chi connectivity index (χ1n) is 13.4. The third-order valence-corrected chi connectivity index (χ3v) is 9.15. The van der Waals surface area contributed by atoms with E-state index in [0.29, 0.717) is 31.9 Å². The number of nitrogens with one attached hydrogen (secondary N) is 1. The second-order valence-electron chi connectivity index (χ2n) is 11.2. The number of amides is 2. The highest BCUT2D eigenvalue weighted by molar-refractivity contribution is 7.92. The highest BCUT2D eigenvalue weighted by atomic mass is 35.5. The summed E-state index contributed by atoms with van der Waals surface area (Å²) < 4.78 is 29.2. The number of nitrogens with zero attached hydrogens (tertiary/aromatic N) is 2. The zero-order chi connectivity index (χ0) is 31.4. The van der Waals surface area contributed by atoms with Crippen molar-refractivity contribution < 1.29 is 18.0 Å². The largest absolute Gasteiger partial charge is 0.350 e. The first kappa shape index (κ1) is 33.7. The molecule has 0 aliphatic carbocycles. The van der Waals surface area contributed by atoms with Crippen molar-refractivity contribution in [3.8, 4) is 0 Å². The molecule has 0 aliphatic heterocycles. The van der Waals surface area contributed by atoms with E-state index in [4.69, 9.17) is 34.8 Å². The predicted octanol–water partition coefficient (Wildman–Crippen LogP) is 7.18. The Hall–Kier alpha value is -2.78. The number of aryl methyl sites for hydroxylation is 2. The Labute approximate surface area is 263 Å². The average molecular weight is 653 g/mol. The number of anilines is 1. The fourth-order valence-corrected chi connectivity index (χ4v) is 6.63. The summed E-state index contributed by atoms with van der Waals surface area (Å²) in [6, 6.07) is 15.2. The van der Waals surface area contributed by atoms with E-state index in [1.807, 2.05) is 27.7 Å². The number of hydrogen-bond donors (Lipinski definition) is 1. The molecule has 0 radical (unpaired) electrons. The van der Waals surface area contributed by atoms with Gasteiger partial charge in [0.2, 0.25) is 11.8 Å². The molecule has 3 aromatic carbocycles. The van der Waals surface area contributed by atoms with Crippen LogP contribution in [0.4, 0.5) is 5.69 Å². The number of hydrogen-bond acceptors (Lipinski definition) is 4. The minimum Gasteiger partial charge on any atom is -0.350 e. The first-order chi connectivity index (χ1) is 19.5. The first-order valence-corrected chi connectivity index (χ1v) is 16.0. The van der Waals surface area contributed by atoms with Gasteiger partial charge in [-0.05, 0) is 94.6 Å². The Bertz CT molecular complexity index is 1550. The summed E-state index contributed by atoms with van der Waals surface area (Å²) in [5.74, 6) is -0.944. The maximum Gasteiger partial charge on any atom is 0.264 e. The van der Waals surface area contributed by atoms with E-state index < -0.39 is 34.1 Å². The van der Waals surface area contributed by atoms with Crippen molar-refractivity contribution in [2.24, 2.45) is 0 Å². The molecule has 3 rings (SSSR count). The van der Waals surface area contributed by atoms with E-state index in [2.05, 4.69) is 5.32 Å². The molecule has 0 spiro atoms. The van der Waals surface area contributed by atoms with Crippen LogP contribution in [0.25, 0.3) is 0 Å². The summed E-state index contributed by atoms with van der Waals surface area (Å²) in [6.07, 6.45) is 0.281. The maximum atomic E-state index is 14.2. The van der Waals surface area contributed by atoms with Gasteiger partial charge in [-0.15, -0.1) is 0 Å². The quantitative estimate of drug-likeness (QED) is 0.251. The van der Waals surface area contributed by atoms with Crippen molar-refractivity contribution in [2.45, 2.75) is 71.0 Å². The summed E-state index contributed by atoms with van der Waals surface area (Å²) in [7, 11) is -4.20. The number of benzene rings is 3. The molecule has 0 heterocycles. The summed E-state index contributed by atoms with van der Waals surface area (Å²) in [6.45, 7) is 10.3. The van der Waals surface area contributed by atoms with Crippen molar-refractivity contribution in [1.82, 2.24) is 10.2 Å². The molecule has 0 aliphatic rings. The van der Waals surface area contributed by atoms with E-state index in [9.17, 15) is 18.0 Å². The van der Waals surface area contributed by atoms with Crippen LogP contribution in [0.3, 0.4) is 0 Å². The van der Waals surface area contributed by atoms with Gasteiger partial charge in [0.1, 0.15) is 12.6 Å². The molecule has 11 heteroatoms. The van der Waals surface area contributed by atoms with Crippen LogP contribution in [-0.2, 0) is 26.2 Å². The van der Waals surface area contributed by atoms with Crippen molar-refractivity contribution >= 4 is 62.3 Å². The average Bonchev–Trinajstić information content (AvgIpc) is 2.88. The van der Waals surface area contributed by atoms with Crippen LogP contribution in [0.1, 0.15) is 50.8 Å². The second-order valence-corrected chi connectivity index (χ2v) is 14.3. The maximum absolute atomic E-state index is 14.2. The fraction of sp³-hybridized carbons (Fsp3) is 0.355. The van der Waals surface area contributed by atoms with Gasteiger partial charge in [-0.25, -0.2) is 8.42 Å². The van der Waals surface area contributed by atoms with Crippen LogP contribution < -0.4 is 9.62 Å². The smallest absolute Gasteiger partial charge is 0.264 e. The lowest BCUT2D eigenvalue weighted by Crippen LogP contribution is -2.55. The van der Waals surface area contributed by atoms with Gasteiger partial charge in [0, 0.05) is 27.2 Å². The summed E-state index contributed by atoms with van der Waals surface area (Å²) in [5.41, 5.74) is 1.76. The Balaban J connectivity index is 2.13. The molecule has 0 saturated heterocycles. The van der Waals surface area contributed by atoms with Crippen LogP contribution in [0, 0.1) is 13.8 Å². The molecule has 42 heavy (non-hydrogen) atoms. The zero-order valence-electron chi connectivity index (χ0n) is 24.5. The van der Waals surface area contributed by atoms with E-state index in [1.165, 1.54) is 17.0 Å². The van der Waals surface area contributed by atoms with Crippen LogP contribution >= 0.6 is 34.8 Å². The lowest BCUT2D eigenvalue weighted by Gasteiger charge is -2.35. The van der Waals surface area contributed by atoms with Gasteiger partial charge in [-0.2, -0.15) is 0 Å². The van der Waals surface area contributed by atoms with Gasteiger partial charge in [-0.1, -0.05) is 65.5 Å². The van der Waals surface area contributed by atoms with Gasteiger partial charge in [0.05, 0.1) is 10.6 Å². The molecule has 0 bridgehead atoms. The molecule has 3 aromatic rings. The predicted molar refractivity (Wildman–Crippen MR) is 171 cm³/mol. The Morgan fingerprint density at radius 2 is 1.50 bits per heavy atom. The van der Waals surface area contributed by atoms with Crippen LogP contribution in [-0.4, -0.2) is 43.3 Å². The highest BCUT2D eigenvalue weighted by Crippen LogP contribution is 2.30. The SMILES string of the molecule is CC[C@H](C(=O)NC(C)(C)C)N(Cc1ccc(Cl)cc1Cl)C(=O)CN(c1ccc(Cl)cc1C)S(=O)(=O)c1ccc(C)cc1. The fourth-order valence-electron chi connectivity index (χ4n) is 4.46. The molecular weight excluding hydrogens is 617 g/mol.